The van der Waals surface area contributed by atoms with Gasteiger partial charge in [-0.2, -0.15) is 0 Å². The Morgan fingerprint density at radius 1 is 1.19 bits per heavy atom. The van der Waals surface area contributed by atoms with Crippen LogP contribution in [0, 0.1) is 11.3 Å². The molecule has 172 valence electrons. The van der Waals surface area contributed by atoms with Gasteiger partial charge in [0.15, 0.2) is 0 Å². The molecule has 6 nitrogen and oxygen atoms in total. The van der Waals surface area contributed by atoms with Crippen LogP contribution in [0.5, 0.6) is 0 Å². The molecule has 1 aliphatic heterocycles. The Hall–Kier alpha value is -1.79. The van der Waals surface area contributed by atoms with Crippen LogP contribution < -0.4 is 0 Å². The highest BCUT2D eigenvalue weighted by Crippen LogP contribution is 2.59. The van der Waals surface area contributed by atoms with Crippen molar-refractivity contribution in [1.29, 1.82) is 0 Å². The lowest BCUT2D eigenvalue weighted by Gasteiger charge is -2.34. The fraction of sp³-hybridized carbons (Fsp3) is 0.667. The average Bonchev–Trinajstić information content (AvgIpc) is 3.30. The number of carbonyl (C=O) groups excluding carboxylic acids is 2. The maximum atomic E-state index is 12.3. The van der Waals surface area contributed by atoms with Crippen molar-refractivity contribution in [2.24, 2.45) is 11.3 Å². The van der Waals surface area contributed by atoms with Gasteiger partial charge in [0, 0.05) is 40.3 Å². The van der Waals surface area contributed by atoms with E-state index in [0.29, 0.717) is 21.9 Å². The Kier molecular flexibility index (Phi) is 6.92. The number of amides is 2. The highest BCUT2D eigenvalue weighted by atomic mass is 35.5. The molecule has 1 saturated heterocycles. The number of halogens is 1. The standard InChI is InChI=1S/C24H36ClN3O3/c1-23(2,3)31-22(30)28-11-9-24(10-12-28)14-18(24)16-27(6)15-17-7-8-19(20(25)13-17)21(29)26(4)5/h7-8,13,18H,9-12,14-16H2,1-6H3. The molecule has 2 fully saturated rings. The van der Waals surface area contributed by atoms with Gasteiger partial charge in [0.1, 0.15) is 5.60 Å². The Bertz CT molecular complexity index is 826. The molecule has 0 aromatic heterocycles. The molecule has 1 unspecified atom stereocenters. The number of hydrogen-bond acceptors (Lipinski definition) is 4. The van der Waals surface area contributed by atoms with Crippen molar-refractivity contribution < 1.29 is 14.3 Å². The molecule has 1 aromatic rings. The van der Waals surface area contributed by atoms with Gasteiger partial charge in [-0.15, -0.1) is 0 Å². The quantitative estimate of drug-likeness (QED) is 0.663. The van der Waals surface area contributed by atoms with Gasteiger partial charge in [-0.3, -0.25) is 4.79 Å². The van der Waals surface area contributed by atoms with Crippen molar-refractivity contribution in [1.82, 2.24) is 14.7 Å². The second kappa shape index (κ2) is 8.99. The Balaban J connectivity index is 1.48. The van der Waals surface area contributed by atoms with Gasteiger partial charge < -0.3 is 19.4 Å². The van der Waals surface area contributed by atoms with Gasteiger partial charge in [0.05, 0.1) is 10.6 Å². The predicted molar refractivity (Wildman–Crippen MR) is 123 cm³/mol. The molecular weight excluding hydrogens is 414 g/mol. The van der Waals surface area contributed by atoms with Crippen molar-refractivity contribution in [3.05, 3.63) is 34.3 Å². The molecule has 7 heteroatoms. The maximum absolute atomic E-state index is 12.3. The lowest BCUT2D eigenvalue weighted by Crippen LogP contribution is -2.42. The first-order valence-corrected chi connectivity index (χ1v) is 11.4. The number of nitrogens with zero attached hydrogens (tertiary/aromatic N) is 3. The van der Waals surface area contributed by atoms with E-state index in [1.54, 1.807) is 14.1 Å². The minimum absolute atomic E-state index is 0.0810. The Morgan fingerprint density at radius 3 is 2.39 bits per heavy atom. The average molecular weight is 450 g/mol. The van der Waals surface area contributed by atoms with Gasteiger partial charge in [0.2, 0.25) is 0 Å². The van der Waals surface area contributed by atoms with Gasteiger partial charge >= 0.3 is 6.09 Å². The molecule has 0 N–H and O–H groups in total. The number of benzene rings is 1. The molecule has 1 spiro atoms. The summed E-state index contributed by atoms with van der Waals surface area (Å²) in [5.74, 6) is 0.589. The lowest BCUT2D eigenvalue weighted by atomic mass is 9.91. The van der Waals surface area contributed by atoms with Crippen LogP contribution in [-0.4, -0.2) is 73.1 Å². The van der Waals surface area contributed by atoms with Crippen LogP contribution in [0.15, 0.2) is 18.2 Å². The SMILES string of the molecule is CN(Cc1ccc(C(=O)N(C)C)c(Cl)c1)CC1CC12CCN(C(=O)OC(C)(C)C)CC2. The minimum atomic E-state index is -0.447. The number of ether oxygens (including phenoxy) is 1. The summed E-state index contributed by atoms with van der Waals surface area (Å²) in [6.45, 7) is 9.12. The number of rotatable bonds is 5. The van der Waals surface area contributed by atoms with Crippen LogP contribution in [0.25, 0.3) is 0 Å². The smallest absolute Gasteiger partial charge is 0.410 e. The number of piperidine rings is 1. The maximum Gasteiger partial charge on any atom is 0.410 e. The molecule has 0 radical (unpaired) electrons. The molecule has 1 saturated carbocycles. The molecular formula is C24H36ClN3O3. The van der Waals surface area contributed by atoms with Crippen LogP contribution in [0.4, 0.5) is 4.79 Å². The van der Waals surface area contributed by atoms with E-state index in [4.69, 9.17) is 16.3 Å². The van der Waals surface area contributed by atoms with Gasteiger partial charge in [-0.25, -0.2) is 4.79 Å². The second-order valence-electron chi connectivity index (χ2n) is 10.4. The van der Waals surface area contributed by atoms with Crippen molar-refractivity contribution in [3.63, 3.8) is 0 Å². The molecule has 1 atom stereocenters. The van der Waals surface area contributed by atoms with Gasteiger partial charge in [-0.05, 0) is 76.1 Å². The van der Waals surface area contributed by atoms with E-state index >= 15 is 0 Å². The van der Waals surface area contributed by atoms with Crippen molar-refractivity contribution in [2.75, 3.05) is 40.8 Å². The predicted octanol–water partition coefficient (Wildman–Crippen LogP) is 4.51. The summed E-state index contributed by atoms with van der Waals surface area (Å²) < 4.78 is 5.51. The first-order valence-electron chi connectivity index (χ1n) is 11.1. The molecule has 2 amide bonds. The Morgan fingerprint density at radius 2 is 1.84 bits per heavy atom. The van der Waals surface area contributed by atoms with E-state index < -0.39 is 5.60 Å². The summed E-state index contributed by atoms with van der Waals surface area (Å²) >= 11 is 6.36. The molecule has 2 aliphatic rings. The van der Waals surface area contributed by atoms with E-state index in [2.05, 4.69) is 11.9 Å². The monoisotopic (exact) mass is 449 g/mol. The number of hydrogen-bond donors (Lipinski definition) is 0. The highest BCUT2D eigenvalue weighted by molar-refractivity contribution is 6.33. The van der Waals surface area contributed by atoms with Crippen molar-refractivity contribution >= 4 is 23.6 Å². The van der Waals surface area contributed by atoms with Crippen LogP contribution in [0.2, 0.25) is 5.02 Å². The highest BCUT2D eigenvalue weighted by Gasteiger charge is 2.55. The summed E-state index contributed by atoms with van der Waals surface area (Å²) in [6, 6.07) is 5.71. The third-order valence-electron chi connectivity index (χ3n) is 6.42. The number of likely N-dealkylation sites (tertiary alicyclic amines) is 1. The summed E-state index contributed by atoms with van der Waals surface area (Å²) in [4.78, 5) is 30.2. The lowest BCUT2D eigenvalue weighted by molar-refractivity contribution is 0.0162. The van der Waals surface area contributed by atoms with Crippen molar-refractivity contribution in [3.8, 4) is 0 Å². The van der Waals surface area contributed by atoms with Crippen LogP contribution in [-0.2, 0) is 11.3 Å². The third kappa shape index (κ3) is 5.92. The van der Waals surface area contributed by atoms with E-state index in [9.17, 15) is 9.59 Å². The zero-order chi connectivity index (χ0) is 23.0. The topological polar surface area (TPSA) is 53.1 Å². The fourth-order valence-corrected chi connectivity index (χ4v) is 4.87. The fourth-order valence-electron chi connectivity index (χ4n) is 4.59. The van der Waals surface area contributed by atoms with E-state index in [1.165, 1.54) is 11.3 Å². The zero-order valence-electron chi connectivity index (χ0n) is 19.7. The molecule has 1 aliphatic carbocycles. The summed E-state index contributed by atoms with van der Waals surface area (Å²) in [5.41, 5.74) is 1.58. The molecule has 31 heavy (non-hydrogen) atoms. The van der Waals surface area contributed by atoms with E-state index in [0.717, 1.165) is 44.6 Å². The number of carbonyl (C=O) groups is 2. The third-order valence-corrected chi connectivity index (χ3v) is 6.74. The molecule has 3 rings (SSSR count). The van der Waals surface area contributed by atoms with E-state index in [-0.39, 0.29) is 12.0 Å². The summed E-state index contributed by atoms with van der Waals surface area (Å²) in [6.07, 6.45) is 3.15. The summed E-state index contributed by atoms with van der Waals surface area (Å²) in [5, 5.41) is 0.502. The van der Waals surface area contributed by atoms with Crippen molar-refractivity contribution in [2.45, 2.75) is 52.2 Å². The molecule has 1 heterocycles. The summed E-state index contributed by atoms with van der Waals surface area (Å²) in [7, 11) is 5.59. The molecule has 0 bridgehead atoms. The Labute approximate surface area is 191 Å². The first kappa shape index (κ1) is 23.9. The van der Waals surface area contributed by atoms with Crippen LogP contribution in [0.3, 0.4) is 0 Å². The minimum Gasteiger partial charge on any atom is -0.444 e. The first-order chi connectivity index (χ1) is 14.4. The normalized spacial score (nSPS) is 20.1. The van der Waals surface area contributed by atoms with Crippen LogP contribution in [0.1, 0.15) is 56.0 Å². The molecule has 1 aromatic carbocycles. The van der Waals surface area contributed by atoms with Gasteiger partial charge in [0.25, 0.3) is 5.91 Å². The van der Waals surface area contributed by atoms with Gasteiger partial charge in [-0.1, -0.05) is 17.7 Å². The van der Waals surface area contributed by atoms with Crippen LogP contribution >= 0.6 is 11.6 Å². The largest absolute Gasteiger partial charge is 0.444 e. The van der Waals surface area contributed by atoms with E-state index in [1.807, 2.05) is 43.9 Å². The second-order valence-corrected chi connectivity index (χ2v) is 10.8. The zero-order valence-corrected chi connectivity index (χ0v) is 20.5.